The van der Waals surface area contributed by atoms with Gasteiger partial charge in [-0.2, -0.15) is 0 Å². The highest BCUT2D eigenvalue weighted by molar-refractivity contribution is 5.32. The molecule has 0 heterocycles. The van der Waals surface area contributed by atoms with Crippen molar-refractivity contribution in [3.05, 3.63) is 24.3 Å². The summed E-state index contributed by atoms with van der Waals surface area (Å²) in [6.07, 6.45) is 9.83. The number of rotatable bonds is 11. The average molecular weight is 297 g/mol. The van der Waals surface area contributed by atoms with E-state index in [1.165, 1.54) is 6.08 Å². The summed E-state index contributed by atoms with van der Waals surface area (Å²) in [5.41, 5.74) is -1.10. The summed E-state index contributed by atoms with van der Waals surface area (Å²) in [4.78, 5) is 13.7. The maximum Gasteiger partial charge on any atom is 0.234 e. The minimum atomic E-state index is -1.10. The first-order valence-electron chi connectivity index (χ1n) is 7.28. The third-order valence-electron chi connectivity index (χ3n) is 3.44. The Hall–Kier alpha value is -1.26. The molecule has 0 aliphatic carbocycles. The zero-order valence-electron chi connectivity index (χ0n) is 12.9. The number of hydrogen-bond donors (Lipinski definition) is 3. The number of carbonyl (C=O) groups excluding carboxylic acids is 1. The predicted octanol–water partition coefficient (Wildman–Crippen LogP) is 1.59. The SMILES string of the molecule is CC=CC(CO)CC(O)(CCN=C=O)CC(C=CC)CO. The molecule has 0 saturated carbocycles. The predicted molar refractivity (Wildman–Crippen MR) is 82.6 cm³/mol. The van der Waals surface area contributed by atoms with Crippen LogP contribution in [0.5, 0.6) is 0 Å². The highest BCUT2D eigenvalue weighted by Crippen LogP contribution is 2.29. The smallest absolute Gasteiger partial charge is 0.234 e. The van der Waals surface area contributed by atoms with E-state index in [9.17, 15) is 20.1 Å². The Labute approximate surface area is 126 Å². The normalized spacial score (nSPS) is 17.6. The van der Waals surface area contributed by atoms with Gasteiger partial charge in [-0.3, -0.25) is 0 Å². The third kappa shape index (κ3) is 8.58. The van der Waals surface area contributed by atoms with Gasteiger partial charge in [0.25, 0.3) is 0 Å². The Kier molecular flexibility index (Phi) is 10.7. The van der Waals surface area contributed by atoms with Gasteiger partial charge in [-0.25, -0.2) is 9.79 Å². The molecular weight excluding hydrogens is 270 g/mol. The molecule has 0 aliphatic heterocycles. The lowest BCUT2D eigenvalue weighted by Gasteiger charge is -2.32. The first kappa shape index (κ1) is 19.7. The van der Waals surface area contributed by atoms with Crippen molar-refractivity contribution in [3.63, 3.8) is 0 Å². The molecule has 0 fully saturated rings. The fourth-order valence-electron chi connectivity index (χ4n) is 2.50. The maximum atomic E-state index is 10.8. The van der Waals surface area contributed by atoms with Crippen molar-refractivity contribution in [3.8, 4) is 0 Å². The minimum Gasteiger partial charge on any atom is -0.396 e. The van der Waals surface area contributed by atoms with Crippen LogP contribution in [0.25, 0.3) is 0 Å². The third-order valence-corrected chi connectivity index (χ3v) is 3.44. The van der Waals surface area contributed by atoms with Crippen LogP contribution in [0.4, 0.5) is 0 Å². The van der Waals surface area contributed by atoms with Crippen LogP contribution in [0.1, 0.15) is 33.1 Å². The van der Waals surface area contributed by atoms with Gasteiger partial charge in [0, 0.05) is 25.0 Å². The van der Waals surface area contributed by atoms with Gasteiger partial charge >= 0.3 is 0 Å². The highest BCUT2D eigenvalue weighted by atomic mass is 16.3. The van der Waals surface area contributed by atoms with Gasteiger partial charge in [0.2, 0.25) is 6.08 Å². The van der Waals surface area contributed by atoms with Crippen LogP contribution in [-0.2, 0) is 4.79 Å². The van der Waals surface area contributed by atoms with Gasteiger partial charge in [0.1, 0.15) is 0 Å². The Morgan fingerprint density at radius 3 is 1.90 bits per heavy atom. The lowest BCUT2D eigenvalue weighted by Crippen LogP contribution is -2.36. The van der Waals surface area contributed by atoms with Crippen LogP contribution in [0.3, 0.4) is 0 Å². The molecule has 2 unspecified atom stereocenters. The summed E-state index contributed by atoms with van der Waals surface area (Å²) < 4.78 is 0. The van der Waals surface area contributed by atoms with E-state index in [1.54, 1.807) is 0 Å². The molecule has 0 rings (SSSR count). The Morgan fingerprint density at radius 1 is 1.10 bits per heavy atom. The second-order valence-corrected chi connectivity index (χ2v) is 5.29. The molecule has 120 valence electrons. The van der Waals surface area contributed by atoms with Gasteiger partial charge < -0.3 is 15.3 Å². The van der Waals surface area contributed by atoms with Crippen LogP contribution in [0.15, 0.2) is 29.3 Å². The van der Waals surface area contributed by atoms with E-state index in [4.69, 9.17) is 0 Å². The summed E-state index contributed by atoms with van der Waals surface area (Å²) >= 11 is 0. The number of nitrogens with zero attached hydrogens (tertiary/aromatic N) is 1. The zero-order valence-corrected chi connectivity index (χ0v) is 12.9. The van der Waals surface area contributed by atoms with Gasteiger partial charge in [-0.15, -0.1) is 0 Å². The van der Waals surface area contributed by atoms with Gasteiger partial charge in [0.05, 0.1) is 12.1 Å². The van der Waals surface area contributed by atoms with Gasteiger partial charge in [0.15, 0.2) is 0 Å². The summed E-state index contributed by atoms with van der Waals surface area (Å²) in [5.74, 6) is -0.324. The van der Waals surface area contributed by atoms with Gasteiger partial charge in [-0.05, 0) is 33.1 Å². The monoisotopic (exact) mass is 297 g/mol. The molecule has 3 N–H and O–H groups in total. The van der Waals surface area contributed by atoms with Crippen molar-refractivity contribution >= 4 is 6.08 Å². The van der Waals surface area contributed by atoms with Crippen LogP contribution in [0.2, 0.25) is 0 Å². The van der Waals surface area contributed by atoms with E-state index in [0.717, 1.165) is 0 Å². The first-order valence-corrected chi connectivity index (χ1v) is 7.28. The largest absolute Gasteiger partial charge is 0.396 e. The number of aliphatic hydroxyl groups is 3. The molecule has 0 aromatic heterocycles. The molecule has 21 heavy (non-hydrogen) atoms. The number of aliphatic imine (C=N–C) groups is 1. The van der Waals surface area contributed by atoms with E-state index in [0.29, 0.717) is 19.3 Å². The molecule has 0 aliphatic rings. The van der Waals surface area contributed by atoms with Crippen molar-refractivity contribution in [1.82, 2.24) is 0 Å². The second-order valence-electron chi connectivity index (χ2n) is 5.29. The molecule has 0 bridgehead atoms. The lowest BCUT2D eigenvalue weighted by molar-refractivity contribution is -0.0140. The highest BCUT2D eigenvalue weighted by Gasteiger charge is 2.31. The Bertz CT molecular complexity index is 350. The molecule has 5 heteroatoms. The molecular formula is C16H27NO4. The molecule has 0 radical (unpaired) electrons. The maximum absolute atomic E-state index is 10.8. The minimum absolute atomic E-state index is 0.0585. The summed E-state index contributed by atoms with van der Waals surface area (Å²) in [6.45, 7) is 3.78. The molecule has 0 saturated heterocycles. The van der Waals surface area contributed by atoms with E-state index < -0.39 is 5.60 Å². The van der Waals surface area contributed by atoms with Crippen molar-refractivity contribution in [1.29, 1.82) is 0 Å². The molecule has 2 atom stereocenters. The van der Waals surface area contributed by atoms with Crippen molar-refractivity contribution in [2.24, 2.45) is 16.8 Å². The van der Waals surface area contributed by atoms with Crippen LogP contribution in [-0.4, -0.2) is 46.8 Å². The van der Waals surface area contributed by atoms with Crippen LogP contribution >= 0.6 is 0 Å². The quantitative estimate of drug-likeness (QED) is 0.307. The van der Waals surface area contributed by atoms with Gasteiger partial charge in [-0.1, -0.05) is 24.3 Å². The second kappa shape index (κ2) is 11.4. The number of allylic oxidation sites excluding steroid dienone is 2. The van der Waals surface area contributed by atoms with E-state index in [-0.39, 0.29) is 31.6 Å². The summed E-state index contributed by atoms with van der Waals surface area (Å²) in [7, 11) is 0. The first-order chi connectivity index (χ1) is 10.0. The zero-order chi connectivity index (χ0) is 16.1. The number of isocyanates is 1. The van der Waals surface area contributed by atoms with Crippen molar-refractivity contribution < 1.29 is 20.1 Å². The lowest BCUT2D eigenvalue weighted by atomic mass is 9.80. The van der Waals surface area contributed by atoms with Crippen molar-refractivity contribution in [2.75, 3.05) is 19.8 Å². The molecule has 0 aromatic rings. The van der Waals surface area contributed by atoms with E-state index >= 15 is 0 Å². The fourth-order valence-corrected chi connectivity index (χ4v) is 2.50. The summed E-state index contributed by atoms with van der Waals surface area (Å²) in [6, 6.07) is 0. The van der Waals surface area contributed by atoms with Crippen molar-refractivity contribution in [2.45, 2.75) is 38.7 Å². The average Bonchev–Trinajstić information content (AvgIpc) is 2.46. The standard InChI is InChI=1S/C16H27NO4/c1-3-5-14(11-18)9-16(21,7-8-17-13-20)10-15(12-19)6-4-2/h3-6,14-15,18-19,21H,7-12H2,1-2H3. The molecule has 0 spiro atoms. The molecule has 0 aromatic carbocycles. The number of aliphatic hydroxyl groups excluding tert-OH is 2. The Balaban J connectivity index is 4.99. The van der Waals surface area contributed by atoms with Crippen LogP contribution < -0.4 is 0 Å². The van der Waals surface area contributed by atoms with Crippen LogP contribution in [0, 0.1) is 11.8 Å². The van der Waals surface area contributed by atoms with E-state index in [1.807, 2.05) is 38.2 Å². The fraction of sp³-hybridized carbons (Fsp3) is 0.688. The van der Waals surface area contributed by atoms with E-state index in [2.05, 4.69) is 4.99 Å². The molecule has 0 amide bonds. The molecule has 5 nitrogen and oxygen atoms in total. The topological polar surface area (TPSA) is 90.1 Å². The number of hydrogen-bond acceptors (Lipinski definition) is 5. The summed E-state index contributed by atoms with van der Waals surface area (Å²) in [5, 5.41) is 29.6. The Morgan fingerprint density at radius 2 is 1.57 bits per heavy atom.